The molecule has 0 bridgehead atoms. The molecule has 1 heterocycles. The minimum atomic E-state index is -0.269. The summed E-state index contributed by atoms with van der Waals surface area (Å²) >= 11 is 0. The van der Waals surface area contributed by atoms with Crippen molar-refractivity contribution in [3.63, 3.8) is 0 Å². The van der Waals surface area contributed by atoms with E-state index in [1.807, 2.05) is 0 Å². The minimum Gasteiger partial charge on any atom is -0.199 e. The smallest absolute Gasteiger partial charge is 0.199 e. The Labute approximate surface area is 34.4 Å². The largest absolute Gasteiger partial charge is 0.201 e. The standard InChI is InChI=1S/C3H3FN2/c4-3-1-5-6-2-3/h1-2H,(H,5,6)/p+1. The lowest BCUT2D eigenvalue weighted by atomic mass is 10.6. The summed E-state index contributed by atoms with van der Waals surface area (Å²) in [6, 6.07) is 0. The average Bonchev–Trinajstić information content (AvgIpc) is 1.86. The first-order valence-corrected chi connectivity index (χ1v) is 1.62. The van der Waals surface area contributed by atoms with Gasteiger partial charge in [0.25, 0.3) is 0 Å². The third kappa shape index (κ3) is 0.440. The van der Waals surface area contributed by atoms with Gasteiger partial charge in [-0.05, 0) is 0 Å². The second kappa shape index (κ2) is 1.18. The van der Waals surface area contributed by atoms with Gasteiger partial charge in [0.15, 0.2) is 6.20 Å². The van der Waals surface area contributed by atoms with Crippen LogP contribution in [-0.4, -0.2) is 6.21 Å². The van der Waals surface area contributed by atoms with E-state index in [-0.39, 0.29) is 5.83 Å². The van der Waals surface area contributed by atoms with E-state index in [9.17, 15) is 4.39 Å². The zero-order valence-electron chi connectivity index (χ0n) is 3.06. The van der Waals surface area contributed by atoms with Gasteiger partial charge >= 0.3 is 0 Å². The van der Waals surface area contributed by atoms with Crippen molar-refractivity contribution in [2.24, 2.45) is 5.10 Å². The zero-order valence-corrected chi connectivity index (χ0v) is 3.06. The first-order valence-electron chi connectivity index (χ1n) is 1.62. The van der Waals surface area contributed by atoms with E-state index in [4.69, 9.17) is 0 Å². The van der Waals surface area contributed by atoms with Crippen LogP contribution < -0.4 is 5.43 Å². The van der Waals surface area contributed by atoms with Crippen molar-refractivity contribution in [1.82, 2.24) is 0 Å². The molecule has 1 aliphatic heterocycles. The first kappa shape index (κ1) is 3.49. The molecule has 2 nitrogen and oxygen atoms in total. The molecular weight excluding hydrogens is 83.0 g/mol. The lowest BCUT2D eigenvalue weighted by Gasteiger charge is -1.61. The third-order valence-electron chi connectivity index (χ3n) is 0.518. The van der Waals surface area contributed by atoms with Gasteiger partial charge in [-0.3, -0.25) is 0 Å². The normalized spacial score (nSPS) is 18.5. The molecule has 0 spiro atoms. The highest BCUT2D eigenvalue weighted by molar-refractivity contribution is 5.75. The molecule has 0 atom stereocenters. The van der Waals surface area contributed by atoms with E-state index >= 15 is 0 Å². The van der Waals surface area contributed by atoms with Crippen LogP contribution in [0.1, 0.15) is 0 Å². The predicted octanol–water partition coefficient (Wildman–Crippen LogP) is -0.640. The summed E-state index contributed by atoms with van der Waals surface area (Å²) in [5.74, 6) is -0.269. The molecule has 0 fully saturated rings. The van der Waals surface area contributed by atoms with Crippen molar-refractivity contribution in [2.45, 2.75) is 0 Å². The van der Waals surface area contributed by atoms with Crippen molar-refractivity contribution < 1.29 is 9.82 Å². The number of hydrogen-bond donors (Lipinski definition) is 1. The van der Waals surface area contributed by atoms with Crippen LogP contribution in [-0.2, 0) is 0 Å². The van der Waals surface area contributed by atoms with Crippen LogP contribution in [0.5, 0.6) is 0 Å². The van der Waals surface area contributed by atoms with Crippen LogP contribution in [0, 0.1) is 0 Å². The van der Waals surface area contributed by atoms with Gasteiger partial charge in [0.2, 0.25) is 5.83 Å². The highest BCUT2D eigenvalue weighted by Gasteiger charge is 1.95. The molecule has 0 saturated carbocycles. The molecule has 0 aromatic rings. The molecule has 1 rings (SSSR count). The highest BCUT2D eigenvalue weighted by Crippen LogP contribution is 1.86. The Kier molecular flexibility index (Phi) is 0.686. The molecule has 0 aromatic heterocycles. The van der Waals surface area contributed by atoms with Crippen LogP contribution >= 0.6 is 0 Å². The molecule has 6 heavy (non-hydrogen) atoms. The molecular formula is C3H4FN2+. The summed E-state index contributed by atoms with van der Waals surface area (Å²) in [4.78, 5) is 0. The molecule has 1 aliphatic rings. The summed E-state index contributed by atoms with van der Waals surface area (Å²) in [6.45, 7) is 0. The van der Waals surface area contributed by atoms with Gasteiger partial charge in [0.1, 0.15) is 6.21 Å². The Bertz CT molecular complexity index is 103. The van der Waals surface area contributed by atoms with E-state index in [1.54, 1.807) is 0 Å². The Balaban J connectivity index is 2.68. The number of quaternary nitrogens is 1. The molecule has 0 radical (unpaired) electrons. The monoisotopic (exact) mass is 87.0 g/mol. The molecule has 0 unspecified atom stereocenters. The molecule has 0 aromatic carbocycles. The fourth-order valence-corrected chi connectivity index (χ4v) is 0.272. The van der Waals surface area contributed by atoms with E-state index < -0.39 is 0 Å². The number of hydrogen-bond acceptors (Lipinski definition) is 1. The van der Waals surface area contributed by atoms with Crippen LogP contribution in [0.25, 0.3) is 0 Å². The van der Waals surface area contributed by atoms with Crippen LogP contribution in [0.2, 0.25) is 0 Å². The maximum atomic E-state index is 11.6. The van der Waals surface area contributed by atoms with Gasteiger partial charge in [-0.25, -0.2) is 0 Å². The Hall–Kier alpha value is -0.700. The molecule has 0 aliphatic carbocycles. The number of nitrogens with two attached hydrogens (primary N) is 1. The molecule has 0 amide bonds. The van der Waals surface area contributed by atoms with Crippen molar-refractivity contribution in [1.29, 1.82) is 0 Å². The summed E-state index contributed by atoms with van der Waals surface area (Å²) in [6.07, 6.45) is 2.47. The summed E-state index contributed by atoms with van der Waals surface area (Å²) in [5, 5.41) is 3.45. The summed E-state index contributed by atoms with van der Waals surface area (Å²) in [7, 11) is 0. The van der Waals surface area contributed by atoms with Crippen LogP contribution in [0.15, 0.2) is 17.1 Å². The van der Waals surface area contributed by atoms with Gasteiger partial charge in [0, 0.05) is 0 Å². The number of allylic oxidation sites excluding steroid dienone is 1. The third-order valence-corrected chi connectivity index (χ3v) is 0.518. The quantitative estimate of drug-likeness (QED) is 0.381. The van der Waals surface area contributed by atoms with Gasteiger partial charge in [-0.2, -0.15) is 9.82 Å². The van der Waals surface area contributed by atoms with Crippen molar-refractivity contribution in [3.05, 3.63) is 12.0 Å². The van der Waals surface area contributed by atoms with Gasteiger partial charge in [-0.15, -0.1) is 0 Å². The Morgan fingerprint density at radius 3 is 2.83 bits per heavy atom. The van der Waals surface area contributed by atoms with Crippen LogP contribution in [0.3, 0.4) is 0 Å². The van der Waals surface area contributed by atoms with Gasteiger partial charge in [0.05, 0.1) is 0 Å². The Morgan fingerprint density at radius 1 is 1.83 bits per heavy atom. The predicted molar refractivity (Wildman–Crippen MR) is 19.6 cm³/mol. The number of rotatable bonds is 0. The van der Waals surface area contributed by atoms with E-state index in [1.165, 1.54) is 17.8 Å². The number of nitrogens with zero attached hydrogens (tertiary/aromatic N) is 1. The van der Waals surface area contributed by atoms with Gasteiger partial charge in [-0.1, -0.05) is 5.10 Å². The average molecular weight is 87.1 g/mol. The van der Waals surface area contributed by atoms with Crippen molar-refractivity contribution in [2.75, 3.05) is 0 Å². The lowest BCUT2D eigenvalue weighted by Crippen LogP contribution is -2.69. The Morgan fingerprint density at radius 2 is 2.67 bits per heavy atom. The van der Waals surface area contributed by atoms with Crippen molar-refractivity contribution >= 4 is 6.21 Å². The molecule has 32 valence electrons. The fraction of sp³-hybridized carbons (Fsp3) is 0. The summed E-state index contributed by atoms with van der Waals surface area (Å²) < 4.78 is 11.6. The minimum absolute atomic E-state index is 0.269. The summed E-state index contributed by atoms with van der Waals surface area (Å²) in [5.41, 5.74) is 1.41. The van der Waals surface area contributed by atoms with Crippen LogP contribution in [0.4, 0.5) is 4.39 Å². The maximum absolute atomic E-state index is 11.6. The highest BCUT2D eigenvalue weighted by atomic mass is 19.1. The van der Waals surface area contributed by atoms with Gasteiger partial charge < -0.3 is 0 Å². The van der Waals surface area contributed by atoms with E-state index in [0.29, 0.717) is 0 Å². The lowest BCUT2D eigenvalue weighted by molar-refractivity contribution is -0.590. The zero-order chi connectivity index (χ0) is 4.41. The first-order chi connectivity index (χ1) is 2.89. The SMILES string of the molecule is FC1=C[NH2+]N=C1. The molecule has 2 N–H and O–H groups in total. The second-order valence-electron chi connectivity index (χ2n) is 0.979. The van der Waals surface area contributed by atoms with E-state index in [0.717, 1.165) is 0 Å². The molecule has 3 heteroatoms. The maximum Gasteiger partial charge on any atom is 0.201 e. The fourth-order valence-electron chi connectivity index (χ4n) is 0.272. The topological polar surface area (TPSA) is 29.0 Å². The second-order valence-corrected chi connectivity index (χ2v) is 0.979. The van der Waals surface area contributed by atoms with E-state index in [2.05, 4.69) is 5.10 Å². The van der Waals surface area contributed by atoms with Crippen molar-refractivity contribution in [3.8, 4) is 0 Å². The molecule has 0 saturated heterocycles. The number of halogens is 1.